The molecule has 7 nitrogen and oxygen atoms in total. The molecule has 1 fully saturated rings. The van der Waals surface area contributed by atoms with E-state index in [9.17, 15) is 19.3 Å². The van der Waals surface area contributed by atoms with Gasteiger partial charge < -0.3 is 15.2 Å². The third-order valence-corrected chi connectivity index (χ3v) is 4.22. The Labute approximate surface area is 139 Å². The second kappa shape index (κ2) is 8.05. The quantitative estimate of drug-likeness (QED) is 0.280. The van der Waals surface area contributed by atoms with Crippen molar-refractivity contribution in [1.82, 2.24) is 0 Å². The minimum absolute atomic E-state index is 0.0220. The van der Waals surface area contributed by atoms with Gasteiger partial charge in [-0.05, 0) is 24.8 Å². The molecule has 0 aromatic heterocycles. The number of rotatable bonds is 6. The summed E-state index contributed by atoms with van der Waals surface area (Å²) in [5.74, 6) is -1.36. The number of halogens is 1. The monoisotopic (exact) mass is 340 g/mol. The maximum Gasteiger partial charge on any atom is 0.340 e. The van der Waals surface area contributed by atoms with Crippen molar-refractivity contribution >= 4 is 17.3 Å². The van der Waals surface area contributed by atoms with Crippen LogP contribution in [0.1, 0.15) is 43.0 Å². The summed E-state index contributed by atoms with van der Waals surface area (Å²) in [6.07, 6.45) is 4.58. The number of anilines is 1. The van der Waals surface area contributed by atoms with Gasteiger partial charge in [0, 0.05) is 0 Å². The Bertz CT molecular complexity index is 623. The molecule has 0 spiro atoms. The number of carbonyl (C=O) groups excluding carboxylic acids is 1. The number of hydrogen-bond donors (Lipinski definition) is 1. The van der Waals surface area contributed by atoms with Crippen molar-refractivity contribution in [3.8, 4) is 0 Å². The summed E-state index contributed by atoms with van der Waals surface area (Å²) >= 11 is 0. The summed E-state index contributed by atoms with van der Waals surface area (Å²) in [7, 11) is 0. The molecular weight excluding hydrogens is 319 g/mol. The molecule has 2 N–H and O–H groups in total. The van der Waals surface area contributed by atoms with Crippen LogP contribution in [0.2, 0.25) is 0 Å². The fourth-order valence-electron chi connectivity index (χ4n) is 2.87. The van der Waals surface area contributed by atoms with Gasteiger partial charge in [0.1, 0.15) is 18.1 Å². The minimum Gasteiger partial charge on any atom is -0.460 e. The fraction of sp³-hybridized carbons (Fsp3) is 0.562. The van der Waals surface area contributed by atoms with E-state index >= 15 is 0 Å². The lowest BCUT2D eigenvalue weighted by Gasteiger charge is -2.28. The molecule has 0 heterocycles. The average molecular weight is 340 g/mol. The molecule has 8 heteroatoms. The topological polar surface area (TPSA) is 105 Å². The van der Waals surface area contributed by atoms with Gasteiger partial charge in [0.25, 0.3) is 5.69 Å². The largest absolute Gasteiger partial charge is 0.460 e. The van der Waals surface area contributed by atoms with Crippen LogP contribution in [0.4, 0.5) is 15.8 Å². The van der Waals surface area contributed by atoms with Crippen LogP contribution in [0, 0.1) is 21.8 Å². The van der Waals surface area contributed by atoms with Gasteiger partial charge >= 0.3 is 5.97 Å². The molecular formula is C16H21FN2O5. The highest BCUT2D eigenvalue weighted by Gasteiger charge is 2.24. The van der Waals surface area contributed by atoms with Gasteiger partial charge in [-0.2, -0.15) is 0 Å². The van der Waals surface area contributed by atoms with E-state index < -0.39 is 28.1 Å². The zero-order valence-electron chi connectivity index (χ0n) is 13.5. The maximum absolute atomic E-state index is 13.4. The molecule has 24 heavy (non-hydrogen) atoms. The summed E-state index contributed by atoms with van der Waals surface area (Å²) in [4.78, 5) is 21.9. The van der Waals surface area contributed by atoms with Crippen molar-refractivity contribution in [2.75, 3.05) is 18.9 Å². The Balaban J connectivity index is 1.90. The highest BCUT2D eigenvalue weighted by molar-refractivity contribution is 5.97. The van der Waals surface area contributed by atoms with E-state index in [0.717, 1.165) is 25.3 Å². The average Bonchev–Trinajstić information content (AvgIpc) is 2.54. The van der Waals surface area contributed by atoms with E-state index in [4.69, 9.17) is 15.2 Å². The van der Waals surface area contributed by atoms with Gasteiger partial charge in [-0.1, -0.05) is 19.8 Å². The summed E-state index contributed by atoms with van der Waals surface area (Å²) in [6.45, 7) is 2.33. The molecule has 1 aromatic carbocycles. The van der Waals surface area contributed by atoms with Gasteiger partial charge in [-0.3, -0.25) is 10.1 Å². The standard InChI is InChI=1S/C16H21FN2O5/c1-10-4-2-3-5-14(10)23-6-7-24-16(20)12-8-11(17)9-13(15(12)18)19(21)22/h8-10,14H,2-7,18H2,1H3. The van der Waals surface area contributed by atoms with Crippen LogP contribution in [-0.4, -0.2) is 30.2 Å². The first-order valence-corrected chi connectivity index (χ1v) is 7.92. The summed E-state index contributed by atoms with van der Waals surface area (Å²) in [5.41, 5.74) is 4.13. The molecule has 1 aliphatic rings. The van der Waals surface area contributed by atoms with Gasteiger partial charge in [0.05, 0.1) is 29.3 Å². The molecule has 1 saturated carbocycles. The van der Waals surface area contributed by atoms with E-state index in [1.165, 1.54) is 6.42 Å². The summed E-state index contributed by atoms with van der Waals surface area (Å²) in [5, 5.41) is 10.8. The van der Waals surface area contributed by atoms with E-state index in [2.05, 4.69) is 6.92 Å². The zero-order chi connectivity index (χ0) is 17.7. The lowest BCUT2D eigenvalue weighted by molar-refractivity contribution is -0.384. The fourth-order valence-corrected chi connectivity index (χ4v) is 2.87. The predicted molar refractivity (Wildman–Crippen MR) is 85.1 cm³/mol. The number of nitrogen functional groups attached to an aromatic ring is 1. The highest BCUT2D eigenvalue weighted by Crippen LogP contribution is 2.28. The molecule has 0 radical (unpaired) electrons. The first kappa shape index (κ1) is 18.1. The number of nitro groups is 1. The molecule has 0 bridgehead atoms. The predicted octanol–water partition coefficient (Wildman–Crippen LogP) is 3.07. The van der Waals surface area contributed by atoms with Crippen LogP contribution in [-0.2, 0) is 9.47 Å². The van der Waals surface area contributed by atoms with Crippen molar-refractivity contribution in [2.45, 2.75) is 38.7 Å². The molecule has 2 unspecified atom stereocenters. The third kappa shape index (κ3) is 4.41. The first-order valence-electron chi connectivity index (χ1n) is 7.92. The SMILES string of the molecule is CC1CCCCC1OCCOC(=O)c1cc(F)cc([N+](=O)[O-])c1N. The van der Waals surface area contributed by atoms with Gasteiger partial charge in [-0.15, -0.1) is 0 Å². The van der Waals surface area contributed by atoms with Crippen molar-refractivity contribution < 1.29 is 23.6 Å². The number of nitro benzene ring substituents is 1. The van der Waals surface area contributed by atoms with Crippen molar-refractivity contribution in [3.05, 3.63) is 33.6 Å². The molecule has 132 valence electrons. The van der Waals surface area contributed by atoms with E-state index in [1.807, 2.05) is 0 Å². The molecule has 2 rings (SSSR count). The number of nitrogens with two attached hydrogens (primary N) is 1. The van der Waals surface area contributed by atoms with Gasteiger partial charge in [0.2, 0.25) is 0 Å². The third-order valence-electron chi connectivity index (χ3n) is 4.22. The van der Waals surface area contributed by atoms with Crippen molar-refractivity contribution in [1.29, 1.82) is 0 Å². The number of nitrogens with zero attached hydrogens (tertiary/aromatic N) is 1. The van der Waals surface area contributed by atoms with Crippen LogP contribution in [0.3, 0.4) is 0 Å². The molecule has 0 saturated heterocycles. The Morgan fingerprint density at radius 3 is 2.75 bits per heavy atom. The number of carbonyl (C=O) groups is 1. The smallest absolute Gasteiger partial charge is 0.340 e. The van der Waals surface area contributed by atoms with Gasteiger partial charge in [0.15, 0.2) is 0 Å². The number of hydrogen-bond acceptors (Lipinski definition) is 6. The Morgan fingerprint density at radius 2 is 2.08 bits per heavy atom. The van der Waals surface area contributed by atoms with E-state index in [0.29, 0.717) is 12.0 Å². The summed E-state index contributed by atoms with van der Waals surface area (Å²) in [6, 6.07) is 1.49. The zero-order valence-corrected chi connectivity index (χ0v) is 13.5. The maximum atomic E-state index is 13.4. The van der Waals surface area contributed by atoms with Gasteiger partial charge in [-0.25, -0.2) is 9.18 Å². The molecule has 0 amide bonds. The second-order valence-corrected chi connectivity index (χ2v) is 5.95. The summed E-state index contributed by atoms with van der Waals surface area (Å²) < 4.78 is 24.1. The Kier molecular flexibility index (Phi) is 6.08. The van der Waals surface area contributed by atoms with Crippen LogP contribution in [0.25, 0.3) is 0 Å². The van der Waals surface area contributed by atoms with Crippen molar-refractivity contribution in [2.24, 2.45) is 5.92 Å². The molecule has 1 aromatic rings. The lowest BCUT2D eigenvalue weighted by atomic mass is 9.88. The van der Waals surface area contributed by atoms with Crippen LogP contribution >= 0.6 is 0 Å². The minimum atomic E-state index is -0.921. The number of ether oxygens (including phenoxy) is 2. The normalized spacial score (nSPS) is 20.6. The number of esters is 1. The Hall–Kier alpha value is -2.22. The highest BCUT2D eigenvalue weighted by atomic mass is 19.1. The van der Waals surface area contributed by atoms with Crippen molar-refractivity contribution in [3.63, 3.8) is 0 Å². The van der Waals surface area contributed by atoms with Crippen LogP contribution in [0.15, 0.2) is 12.1 Å². The van der Waals surface area contributed by atoms with E-state index in [1.54, 1.807) is 0 Å². The number of benzene rings is 1. The molecule has 1 aliphatic carbocycles. The molecule has 2 atom stereocenters. The molecule has 0 aliphatic heterocycles. The second-order valence-electron chi connectivity index (χ2n) is 5.95. The van der Waals surface area contributed by atoms with E-state index in [-0.39, 0.29) is 24.9 Å². The van der Waals surface area contributed by atoms with Crippen LogP contribution < -0.4 is 5.73 Å². The Morgan fingerprint density at radius 1 is 1.38 bits per heavy atom. The van der Waals surface area contributed by atoms with Crippen LogP contribution in [0.5, 0.6) is 0 Å². The lowest BCUT2D eigenvalue weighted by Crippen LogP contribution is -2.27. The first-order chi connectivity index (χ1) is 11.4.